The second-order valence-electron chi connectivity index (χ2n) is 2.56. The van der Waals surface area contributed by atoms with Crippen molar-refractivity contribution in [3.8, 4) is 0 Å². The predicted molar refractivity (Wildman–Crippen MR) is 54.3 cm³/mol. The third-order valence-corrected chi connectivity index (χ3v) is 2.09. The first-order valence-electron chi connectivity index (χ1n) is 3.94. The van der Waals surface area contributed by atoms with Gasteiger partial charge in [0.25, 0.3) is 5.91 Å². The fraction of sp³-hybridized carbons (Fsp3) is 0. The van der Waals surface area contributed by atoms with Gasteiger partial charge in [-0.25, -0.2) is 4.98 Å². The topological polar surface area (TPSA) is 107 Å². The Labute approximate surface area is 88.5 Å². The number of nitrogens with zero attached hydrogens (tertiary/aromatic N) is 4. The Bertz CT molecular complexity index is 470. The number of hydrogen-bond acceptors (Lipinski definition) is 7. The quantitative estimate of drug-likeness (QED) is 0.749. The summed E-state index contributed by atoms with van der Waals surface area (Å²) < 4.78 is 3.51. The van der Waals surface area contributed by atoms with Gasteiger partial charge >= 0.3 is 0 Å². The lowest BCUT2D eigenvalue weighted by atomic mass is 10.3. The van der Waals surface area contributed by atoms with Gasteiger partial charge in [-0.1, -0.05) is 9.59 Å². The molecule has 0 aliphatic carbocycles. The molecule has 2 heterocycles. The van der Waals surface area contributed by atoms with E-state index >= 15 is 0 Å². The van der Waals surface area contributed by atoms with Crippen LogP contribution in [0.2, 0.25) is 0 Å². The number of aromatic nitrogens is 4. The number of nitrogens with one attached hydrogen (secondary N) is 1. The highest BCUT2D eigenvalue weighted by molar-refractivity contribution is 7.09. The van der Waals surface area contributed by atoms with E-state index in [0.29, 0.717) is 10.8 Å². The summed E-state index contributed by atoms with van der Waals surface area (Å²) in [6.07, 6.45) is 1.49. The van der Waals surface area contributed by atoms with E-state index in [1.165, 1.54) is 6.20 Å². The number of carbonyl (C=O) groups is 1. The van der Waals surface area contributed by atoms with Crippen molar-refractivity contribution in [3.05, 3.63) is 24.0 Å². The number of nitrogens with two attached hydrogens (primary N) is 1. The zero-order chi connectivity index (χ0) is 10.7. The van der Waals surface area contributed by atoms with Crippen LogP contribution in [0.4, 0.5) is 10.8 Å². The molecule has 2 aromatic rings. The summed E-state index contributed by atoms with van der Waals surface area (Å²) in [7, 11) is 0. The van der Waals surface area contributed by atoms with Crippen molar-refractivity contribution >= 4 is 28.3 Å². The molecule has 0 atom stereocenters. The van der Waals surface area contributed by atoms with Gasteiger partial charge in [-0.3, -0.25) is 10.1 Å². The van der Waals surface area contributed by atoms with Gasteiger partial charge in [0.1, 0.15) is 0 Å². The number of rotatable bonds is 2. The molecule has 0 bridgehead atoms. The molecule has 0 fully saturated rings. The monoisotopic (exact) mass is 222 g/mol. The van der Waals surface area contributed by atoms with Gasteiger partial charge in [-0.2, -0.15) is 0 Å². The van der Waals surface area contributed by atoms with Crippen LogP contribution in [-0.2, 0) is 0 Å². The van der Waals surface area contributed by atoms with E-state index in [9.17, 15) is 4.79 Å². The van der Waals surface area contributed by atoms with Crippen molar-refractivity contribution in [3.63, 3.8) is 0 Å². The summed E-state index contributed by atoms with van der Waals surface area (Å²) in [4.78, 5) is 15.4. The minimum Gasteiger partial charge on any atom is -0.397 e. The number of hydrogen-bond donors (Lipinski definition) is 2. The minimum atomic E-state index is -0.424. The zero-order valence-electron chi connectivity index (χ0n) is 7.41. The molecule has 0 spiro atoms. The van der Waals surface area contributed by atoms with Crippen molar-refractivity contribution in [2.24, 2.45) is 0 Å². The van der Waals surface area contributed by atoms with Crippen LogP contribution in [0.15, 0.2) is 18.3 Å². The van der Waals surface area contributed by atoms with Crippen LogP contribution in [0.1, 0.15) is 10.5 Å². The van der Waals surface area contributed by atoms with Crippen LogP contribution < -0.4 is 11.1 Å². The van der Waals surface area contributed by atoms with Gasteiger partial charge in [0.05, 0.1) is 5.69 Å². The molecule has 0 saturated carbocycles. The van der Waals surface area contributed by atoms with E-state index < -0.39 is 5.91 Å². The fourth-order valence-electron chi connectivity index (χ4n) is 0.946. The summed E-state index contributed by atoms with van der Waals surface area (Å²) in [6.45, 7) is 0. The minimum absolute atomic E-state index is 0.160. The summed E-state index contributed by atoms with van der Waals surface area (Å²) in [6, 6.07) is 3.25. The van der Waals surface area contributed by atoms with Crippen LogP contribution >= 0.6 is 11.5 Å². The molecule has 0 aliphatic heterocycles. The van der Waals surface area contributed by atoms with E-state index in [1.807, 2.05) is 0 Å². The summed E-state index contributed by atoms with van der Waals surface area (Å²) in [5.41, 5.74) is 6.05. The lowest BCUT2D eigenvalue weighted by Crippen LogP contribution is -2.15. The highest BCUT2D eigenvalue weighted by Gasteiger charge is 2.12. The molecule has 76 valence electrons. The number of carbonyl (C=O) groups excluding carboxylic acids is 1. The Morgan fingerprint density at radius 3 is 3.07 bits per heavy atom. The predicted octanol–water partition coefficient (Wildman–Crippen LogP) is 0.163. The first-order chi connectivity index (χ1) is 7.27. The highest BCUT2D eigenvalue weighted by atomic mass is 32.1. The molecule has 1 amide bonds. The molecule has 7 nitrogen and oxygen atoms in total. The van der Waals surface area contributed by atoms with Gasteiger partial charge in [-0.15, -0.1) is 0 Å². The van der Waals surface area contributed by atoms with E-state index in [4.69, 9.17) is 5.73 Å². The number of nitrogen functional groups attached to an aromatic ring is 1. The maximum Gasteiger partial charge on any atom is 0.278 e. The lowest BCUT2D eigenvalue weighted by molar-refractivity contribution is 0.102. The van der Waals surface area contributed by atoms with Gasteiger partial charge in [0, 0.05) is 17.7 Å². The Balaban J connectivity index is 2.19. The molecule has 8 heteroatoms. The molecule has 3 N–H and O–H groups in total. The molecule has 0 radical (unpaired) electrons. The van der Waals surface area contributed by atoms with Crippen molar-refractivity contribution < 1.29 is 4.79 Å². The molecule has 2 aromatic heterocycles. The Morgan fingerprint density at radius 2 is 2.40 bits per heavy atom. The molecule has 0 unspecified atom stereocenters. The third-order valence-electron chi connectivity index (χ3n) is 1.57. The standard InChI is InChI=1S/C7H6N6OS/c8-4-2-1-3-9-5(4)6(14)10-7-11-12-13-15-7/h1-3H,8H2,(H,10,11,13,14). The molecular weight excluding hydrogens is 216 g/mol. The van der Waals surface area contributed by atoms with Gasteiger partial charge < -0.3 is 5.73 Å². The third kappa shape index (κ3) is 2.05. The van der Waals surface area contributed by atoms with E-state index in [0.717, 1.165) is 11.5 Å². The molecule has 0 aromatic carbocycles. The van der Waals surface area contributed by atoms with E-state index in [1.54, 1.807) is 12.1 Å². The average Bonchev–Trinajstić information content (AvgIpc) is 2.71. The van der Waals surface area contributed by atoms with Crippen molar-refractivity contribution in [2.45, 2.75) is 0 Å². The smallest absolute Gasteiger partial charge is 0.278 e. The second-order valence-corrected chi connectivity index (χ2v) is 3.30. The van der Waals surface area contributed by atoms with Crippen LogP contribution in [-0.4, -0.2) is 25.7 Å². The highest BCUT2D eigenvalue weighted by Crippen LogP contribution is 2.11. The summed E-state index contributed by atoms with van der Waals surface area (Å²) in [5.74, 6) is -0.424. The maximum atomic E-state index is 11.6. The zero-order valence-corrected chi connectivity index (χ0v) is 8.23. The fourth-order valence-corrected chi connectivity index (χ4v) is 1.31. The molecular formula is C7H6N6OS. The summed E-state index contributed by atoms with van der Waals surface area (Å²) in [5, 5.41) is 9.70. The lowest BCUT2D eigenvalue weighted by Gasteiger charge is -2.01. The van der Waals surface area contributed by atoms with Crippen LogP contribution in [0.25, 0.3) is 0 Å². The summed E-state index contributed by atoms with van der Waals surface area (Å²) >= 11 is 0.979. The molecule has 15 heavy (non-hydrogen) atoms. The van der Waals surface area contributed by atoms with Crippen LogP contribution in [0, 0.1) is 0 Å². The number of pyridine rings is 1. The van der Waals surface area contributed by atoms with Crippen LogP contribution in [0.5, 0.6) is 0 Å². The number of anilines is 2. The normalized spacial score (nSPS) is 9.87. The van der Waals surface area contributed by atoms with Crippen molar-refractivity contribution in [1.29, 1.82) is 0 Å². The largest absolute Gasteiger partial charge is 0.397 e. The van der Waals surface area contributed by atoms with Crippen molar-refractivity contribution in [2.75, 3.05) is 11.1 Å². The first-order valence-corrected chi connectivity index (χ1v) is 4.71. The Kier molecular flexibility index (Phi) is 2.50. The molecule has 2 rings (SSSR count). The first kappa shape index (κ1) is 9.46. The van der Waals surface area contributed by atoms with E-state index in [2.05, 4.69) is 25.1 Å². The molecule has 0 saturated heterocycles. The van der Waals surface area contributed by atoms with Crippen molar-refractivity contribution in [1.82, 2.24) is 19.8 Å². The van der Waals surface area contributed by atoms with Gasteiger partial charge in [0.2, 0.25) is 5.13 Å². The van der Waals surface area contributed by atoms with E-state index in [-0.39, 0.29) is 5.69 Å². The second kappa shape index (κ2) is 3.96. The number of amides is 1. The van der Waals surface area contributed by atoms with Gasteiger partial charge in [-0.05, 0) is 17.3 Å². The maximum absolute atomic E-state index is 11.6. The van der Waals surface area contributed by atoms with Gasteiger partial charge in [0.15, 0.2) is 5.69 Å². The SMILES string of the molecule is Nc1cccnc1C(=O)Nc1nnns1. The van der Waals surface area contributed by atoms with Crippen LogP contribution in [0.3, 0.4) is 0 Å². The molecule has 0 aliphatic rings. The Hall–Kier alpha value is -2.09. The Morgan fingerprint density at radius 1 is 1.53 bits per heavy atom. The average molecular weight is 222 g/mol.